The smallest absolute Gasteiger partial charge is 0.319 e. The van der Waals surface area contributed by atoms with Gasteiger partial charge in [0.15, 0.2) is 0 Å². The molecule has 29 heavy (non-hydrogen) atoms. The van der Waals surface area contributed by atoms with Gasteiger partial charge in [-0.1, -0.05) is 22.0 Å². The van der Waals surface area contributed by atoms with Crippen molar-refractivity contribution in [1.29, 1.82) is 0 Å². The zero-order chi connectivity index (χ0) is 20.2. The van der Waals surface area contributed by atoms with Crippen LogP contribution in [0.2, 0.25) is 0 Å². The molecule has 1 saturated heterocycles. The fourth-order valence-corrected chi connectivity index (χ4v) is 3.91. The number of amides is 3. The Labute approximate surface area is 177 Å². The van der Waals surface area contributed by atoms with E-state index in [1.807, 2.05) is 51.9 Å². The van der Waals surface area contributed by atoms with Gasteiger partial charge in [0.2, 0.25) is 0 Å². The maximum absolute atomic E-state index is 12.5. The van der Waals surface area contributed by atoms with Gasteiger partial charge in [0.1, 0.15) is 0 Å². The van der Waals surface area contributed by atoms with Gasteiger partial charge in [-0.15, -0.1) is 0 Å². The number of fused-ring (bicyclic) bond motifs is 1. The molecule has 3 amide bonds. The molecule has 0 bridgehead atoms. The highest BCUT2D eigenvalue weighted by molar-refractivity contribution is 9.10. The summed E-state index contributed by atoms with van der Waals surface area (Å²) in [7, 11) is 0. The molecule has 0 spiro atoms. The number of anilines is 1. The van der Waals surface area contributed by atoms with Crippen LogP contribution in [0.1, 0.15) is 23.2 Å². The molecule has 0 radical (unpaired) electrons. The number of nitrogens with one attached hydrogen (secondary N) is 2. The number of hydrogen-bond donors (Lipinski definition) is 2. The Morgan fingerprint density at radius 2 is 1.93 bits per heavy atom. The molecule has 1 aliphatic rings. The van der Waals surface area contributed by atoms with Crippen LogP contribution in [-0.4, -0.2) is 46.0 Å². The molecule has 2 aromatic carbocycles. The van der Waals surface area contributed by atoms with E-state index in [0.29, 0.717) is 18.7 Å². The number of imidazole rings is 1. The molecule has 0 saturated carbocycles. The molecule has 150 valence electrons. The van der Waals surface area contributed by atoms with Gasteiger partial charge in [0, 0.05) is 41.9 Å². The Morgan fingerprint density at radius 1 is 1.10 bits per heavy atom. The van der Waals surface area contributed by atoms with E-state index in [9.17, 15) is 9.59 Å². The molecule has 0 unspecified atom stereocenters. The van der Waals surface area contributed by atoms with Crippen LogP contribution in [0.5, 0.6) is 0 Å². The molecule has 2 heterocycles. The molecular formula is C21H22BrN5O2. The van der Waals surface area contributed by atoms with Gasteiger partial charge in [-0.2, -0.15) is 0 Å². The van der Waals surface area contributed by atoms with Crippen LogP contribution in [0.4, 0.5) is 10.5 Å². The fourth-order valence-electron chi connectivity index (χ4n) is 3.51. The second kappa shape index (κ2) is 8.65. The number of rotatable bonds is 5. The normalized spacial score (nSPS) is 13.6. The quantitative estimate of drug-likeness (QED) is 0.612. The molecule has 1 fully saturated rings. The minimum atomic E-state index is -0.258. The number of aromatic nitrogens is 2. The zero-order valence-electron chi connectivity index (χ0n) is 15.9. The summed E-state index contributed by atoms with van der Waals surface area (Å²) in [4.78, 5) is 30.9. The topological polar surface area (TPSA) is 79.3 Å². The molecular weight excluding hydrogens is 434 g/mol. The van der Waals surface area contributed by atoms with Crippen molar-refractivity contribution in [3.8, 4) is 0 Å². The molecule has 0 atom stereocenters. The number of benzene rings is 2. The second-order valence-electron chi connectivity index (χ2n) is 7.03. The number of carbonyl (C=O) groups is 2. The number of hydrogen-bond acceptors (Lipinski definition) is 3. The lowest BCUT2D eigenvalue weighted by Gasteiger charge is -2.15. The van der Waals surface area contributed by atoms with Crippen LogP contribution in [0.25, 0.3) is 11.0 Å². The summed E-state index contributed by atoms with van der Waals surface area (Å²) < 4.78 is 2.88. The van der Waals surface area contributed by atoms with Gasteiger partial charge in [-0.05, 0) is 49.2 Å². The van der Waals surface area contributed by atoms with Gasteiger partial charge in [0.05, 0.1) is 17.4 Å². The van der Waals surface area contributed by atoms with E-state index in [4.69, 9.17) is 0 Å². The van der Waals surface area contributed by atoms with Crippen molar-refractivity contribution < 1.29 is 9.59 Å². The van der Waals surface area contributed by atoms with Crippen molar-refractivity contribution in [3.05, 3.63) is 58.8 Å². The number of halogens is 1. The minimum Gasteiger partial charge on any atom is -0.339 e. The first-order chi connectivity index (χ1) is 14.1. The van der Waals surface area contributed by atoms with E-state index < -0.39 is 0 Å². The highest BCUT2D eigenvalue weighted by Crippen LogP contribution is 2.19. The largest absolute Gasteiger partial charge is 0.339 e. The van der Waals surface area contributed by atoms with E-state index in [0.717, 1.165) is 47.1 Å². The predicted molar refractivity (Wildman–Crippen MR) is 116 cm³/mol. The molecule has 2 N–H and O–H groups in total. The third-order valence-electron chi connectivity index (χ3n) is 4.98. The number of urea groups is 1. The first kappa shape index (κ1) is 19.4. The van der Waals surface area contributed by atoms with Gasteiger partial charge in [-0.3, -0.25) is 4.79 Å². The van der Waals surface area contributed by atoms with Crippen LogP contribution in [0.3, 0.4) is 0 Å². The third kappa shape index (κ3) is 4.59. The number of nitrogens with zero attached hydrogens (tertiary/aromatic N) is 3. The Morgan fingerprint density at radius 3 is 2.72 bits per heavy atom. The van der Waals surface area contributed by atoms with Crippen LogP contribution in [0.15, 0.2) is 53.3 Å². The monoisotopic (exact) mass is 455 g/mol. The molecule has 0 aliphatic carbocycles. The van der Waals surface area contributed by atoms with E-state index in [2.05, 4.69) is 31.5 Å². The molecule has 3 aromatic rings. The lowest BCUT2D eigenvalue weighted by atomic mass is 10.1. The fraction of sp³-hybridized carbons (Fsp3) is 0.286. The van der Waals surface area contributed by atoms with Gasteiger partial charge < -0.3 is 20.1 Å². The number of likely N-dealkylation sites (tertiary alicyclic amines) is 1. The van der Waals surface area contributed by atoms with Gasteiger partial charge in [-0.25, -0.2) is 9.78 Å². The van der Waals surface area contributed by atoms with E-state index in [1.165, 1.54) is 0 Å². The SMILES string of the molecule is O=C(NCCn1cnc2cc(C(=O)N3CCCC3)ccc21)Nc1cccc(Br)c1. The lowest BCUT2D eigenvalue weighted by molar-refractivity contribution is 0.0793. The Bertz CT molecular complexity index is 1040. The molecule has 8 heteroatoms. The summed E-state index contributed by atoms with van der Waals surface area (Å²) in [6.45, 7) is 2.71. The highest BCUT2D eigenvalue weighted by Gasteiger charge is 2.20. The van der Waals surface area contributed by atoms with Gasteiger partial charge in [0.25, 0.3) is 5.91 Å². The summed E-state index contributed by atoms with van der Waals surface area (Å²) in [6.07, 6.45) is 3.89. The predicted octanol–water partition coefficient (Wildman–Crippen LogP) is 3.86. The average Bonchev–Trinajstić information content (AvgIpc) is 3.37. The average molecular weight is 456 g/mol. The zero-order valence-corrected chi connectivity index (χ0v) is 17.5. The van der Waals surface area contributed by atoms with Crippen LogP contribution in [0, 0.1) is 0 Å². The maximum atomic E-state index is 12.5. The van der Waals surface area contributed by atoms with Crippen LogP contribution < -0.4 is 10.6 Å². The highest BCUT2D eigenvalue weighted by atomic mass is 79.9. The Hall–Kier alpha value is -2.87. The van der Waals surface area contributed by atoms with Crippen molar-refractivity contribution in [3.63, 3.8) is 0 Å². The van der Waals surface area contributed by atoms with E-state index in [1.54, 1.807) is 6.33 Å². The molecule has 1 aliphatic heterocycles. The van der Waals surface area contributed by atoms with Crippen molar-refractivity contribution in [2.75, 3.05) is 25.0 Å². The molecule has 7 nitrogen and oxygen atoms in total. The van der Waals surface area contributed by atoms with Gasteiger partial charge >= 0.3 is 6.03 Å². The second-order valence-corrected chi connectivity index (χ2v) is 7.95. The third-order valence-corrected chi connectivity index (χ3v) is 5.48. The summed E-state index contributed by atoms with van der Waals surface area (Å²) in [5.74, 6) is 0.0739. The van der Waals surface area contributed by atoms with Crippen LogP contribution in [-0.2, 0) is 6.54 Å². The molecule has 1 aromatic heterocycles. The lowest BCUT2D eigenvalue weighted by Crippen LogP contribution is -2.31. The minimum absolute atomic E-state index is 0.0739. The van der Waals surface area contributed by atoms with Crippen molar-refractivity contribution in [2.45, 2.75) is 19.4 Å². The van der Waals surface area contributed by atoms with Crippen molar-refractivity contribution in [2.24, 2.45) is 0 Å². The summed E-state index contributed by atoms with van der Waals surface area (Å²) in [5.41, 5.74) is 3.13. The number of carbonyl (C=O) groups excluding carboxylic acids is 2. The van der Waals surface area contributed by atoms with E-state index >= 15 is 0 Å². The summed E-state index contributed by atoms with van der Waals surface area (Å²) >= 11 is 3.38. The van der Waals surface area contributed by atoms with Crippen molar-refractivity contribution in [1.82, 2.24) is 19.8 Å². The standard InChI is InChI=1S/C21H22BrN5O2/c22-16-4-3-5-17(13-16)25-21(29)23-8-11-27-14-24-18-12-15(6-7-19(18)27)20(28)26-9-1-2-10-26/h3-7,12-14H,1-2,8-11H2,(H2,23,25,29). The Balaban J connectivity index is 1.35. The van der Waals surface area contributed by atoms with Crippen molar-refractivity contribution >= 4 is 44.6 Å². The Kier molecular flexibility index (Phi) is 5.80. The first-order valence-electron chi connectivity index (χ1n) is 9.65. The molecule has 4 rings (SSSR count). The summed E-state index contributed by atoms with van der Waals surface area (Å²) in [5, 5.41) is 5.65. The van der Waals surface area contributed by atoms with Crippen LogP contribution >= 0.6 is 15.9 Å². The first-order valence-corrected chi connectivity index (χ1v) is 10.4. The maximum Gasteiger partial charge on any atom is 0.319 e. The van der Waals surface area contributed by atoms with E-state index in [-0.39, 0.29) is 11.9 Å². The summed E-state index contributed by atoms with van der Waals surface area (Å²) in [6, 6.07) is 12.8.